The van der Waals surface area contributed by atoms with Crippen molar-refractivity contribution in [2.45, 2.75) is 27.7 Å². The van der Waals surface area contributed by atoms with Crippen molar-refractivity contribution < 1.29 is 4.74 Å². The van der Waals surface area contributed by atoms with Crippen molar-refractivity contribution in [3.05, 3.63) is 18.2 Å². The molecular formula is C16H25N3O. The number of nitrogens with zero attached hydrogens (tertiary/aromatic N) is 2. The molecule has 4 nitrogen and oxygen atoms in total. The van der Waals surface area contributed by atoms with E-state index in [1.807, 2.05) is 18.2 Å². The lowest BCUT2D eigenvalue weighted by atomic mass is 10.1. The van der Waals surface area contributed by atoms with Crippen LogP contribution in [0.5, 0.6) is 5.75 Å². The summed E-state index contributed by atoms with van der Waals surface area (Å²) in [6.45, 7) is 11.4. The van der Waals surface area contributed by atoms with Crippen LogP contribution >= 0.6 is 0 Å². The molecule has 2 rings (SSSR count). The van der Waals surface area contributed by atoms with Crippen molar-refractivity contribution in [2.75, 3.05) is 25.4 Å². The molecule has 0 bridgehead atoms. The van der Waals surface area contributed by atoms with Gasteiger partial charge in [-0.1, -0.05) is 27.7 Å². The molecule has 0 aliphatic carbocycles. The van der Waals surface area contributed by atoms with Gasteiger partial charge in [-0.05, 0) is 30.0 Å². The number of aliphatic imine (C=N–C) groups is 1. The minimum atomic E-state index is 0.538. The lowest BCUT2D eigenvalue weighted by Crippen LogP contribution is -2.40. The smallest absolute Gasteiger partial charge is 0.146 e. The standard InChI is InChI=1S/C16H25N3O/c1-11(2)8-19(9-12(3)4)16-10-20-15-6-5-13(17)7-14(15)18-16/h5-7,11-12H,8-10,17H2,1-4H3. The van der Waals surface area contributed by atoms with Crippen LogP contribution in [0.15, 0.2) is 23.2 Å². The van der Waals surface area contributed by atoms with Crippen LogP contribution in [-0.4, -0.2) is 30.4 Å². The molecule has 110 valence electrons. The van der Waals surface area contributed by atoms with Gasteiger partial charge in [-0.25, -0.2) is 4.99 Å². The maximum atomic E-state index is 5.83. The summed E-state index contributed by atoms with van der Waals surface area (Å²) >= 11 is 0. The number of nitrogens with two attached hydrogens (primary N) is 1. The third-order valence-corrected chi connectivity index (χ3v) is 3.13. The van der Waals surface area contributed by atoms with Crippen LogP contribution in [-0.2, 0) is 0 Å². The van der Waals surface area contributed by atoms with Crippen molar-refractivity contribution in [3.8, 4) is 5.75 Å². The normalized spacial score (nSPS) is 14.0. The van der Waals surface area contributed by atoms with Crippen molar-refractivity contribution in [2.24, 2.45) is 16.8 Å². The highest BCUT2D eigenvalue weighted by Gasteiger charge is 2.20. The summed E-state index contributed by atoms with van der Waals surface area (Å²) in [6.07, 6.45) is 0. The first kappa shape index (κ1) is 14.7. The molecule has 4 heteroatoms. The zero-order valence-corrected chi connectivity index (χ0v) is 12.9. The number of hydrogen-bond acceptors (Lipinski definition) is 4. The molecule has 2 N–H and O–H groups in total. The Balaban J connectivity index is 2.25. The molecule has 0 saturated carbocycles. The topological polar surface area (TPSA) is 50.8 Å². The van der Waals surface area contributed by atoms with E-state index in [2.05, 4.69) is 32.6 Å². The molecule has 0 fully saturated rings. The third-order valence-electron chi connectivity index (χ3n) is 3.13. The summed E-state index contributed by atoms with van der Waals surface area (Å²) in [4.78, 5) is 7.09. The van der Waals surface area contributed by atoms with Gasteiger partial charge < -0.3 is 15.4 Å². The fourth-order valence-corrected chi connectivity index (χ4v) is 2.39. The zero-order chi connectivity index (χ0) is 14.7. The minimum Gasteiger partial charge on any atom is -0.483 e. The summed E-state index contributed by atoms with van der Waals surface area (Å²) in [5.41, 5.74) is 7.38. The van der Waals surface area contributed by atoms with Crippen molar-refractivity contribution in [3.63, 3.8) is 0 Å². The Morgan fingerprint density at radius 3 is 2.45 bits per heavy atom. The molecule has 1 aliphatic rings. The molecule has 0 saturated heterocycles. The largest absolute Gasteiger partial charge is 0.483 e. The molecule has 0 spiro atoms. The minimum absolute atomic E-state index is 0.538. The van der Waals surface area contributed by atoms with E-state index in [9.17, 15) is 0 Å². The summed E-state index contributed by atoms with van der Waals surface area (Å²) < 4.78 is 5.81. The van der Waals surface area contributed by atoms with Crippen LogP contribution in [0.4, 0.5) is 11.4 Å². The number of anilines is 1. The summed E-state index contributed by atoms with van der Waals surface area (Å²) in [5.74, 6) is 3.01. The van der Waals surface area contributed by atoms with E-state index in [0.29, 0.717) is 18.4 Å². The number of rotatable bonds is 4. The van der Waals surface area contributed by atoms with Crippen LogP contribution in [0.1, 0.15) is 27.7 Å². The van der Waals surface area contributed by atoms with Gasteiger partial charge in [0.2, 0.25) is 0 Å². The maximum Gasteiger partial charge on any atom is 0.146 e. The molecule has 1 aromatic rings. The highest BCUT2D eigenvalue weighted by Crippen LogP contribution is 2.32. The monoisotopic (exact) mass is 275 g/mol. The first-order valence-electron chi connectivity index (χ1n) is 7.30. The molecule has 0 radical (unpaired) electrons. The second-order valence-electron chi connectivity index (χ2n) is 6.24. The first-order chi connectivity index (χ1) is 9.45. The Kier molecular flexibility index (Phi) is 4.53. The van der Waals surface area contributed by atoms with E-state index in [0.717, 1.165) is 36.0 Å². The molecule has 0 atom stereocenters. The van der Waals surface area contributed by atoms with E-state index in [1.165, 1.54) is 0 Å². The molecule has 0 unspecified atom stereocenters. The van der Waals surface area contributed by atoms with Crippen LogP contribution in [0.2, 0.25) is 0 Å². The van der Waals surface area contributed by atoms with Crippen LogP contribution in [0.3, 0.4) is 0 Å². The van der Waals surface area contributed by atoms with Gasteiger partial charge in [-0.15, -0.1) is 0 Å². The van der Waals surface area contributed by atoms with Crippen LogP contribution < -0.4 is 10.5 Å². The Hall–Kier alpha value is -1.71. The Bertz CT molecular complexity index is 484. The lowest BCUT2D eigenvalue weighted by molar-refractivity contribution is 0.290. The number of benzene rings is 1. The van der Waals surface area contributed by atoms with Gasteiger partial charge in [0.1, 0.15) is 23.9 Å². The van der Waals surface area contributed by atoms with Gasteiger partial charge in [-0.2, -0.15) is 0 Å². The summed E-state index contributed by atoms with van der Waals surface area (Å²) in [6, 6.07) is 5.61. The number of fused-ring (bicyclic) bond motifs is 1. The Labute approximate surface area is 121 Å². The second kappa shape index (κ2) is 6.16. The van der Waals surface area contributed by atoms with E-state index in [-0.39, 0.29) is 0 Å². The predicted molar refractivity (Wildman–Crippen MR) is 84.7 cm³/mol. The predicted octanol–water partition coefficient (Wildman–Crippen LogP) is 3.31. The van der Waals surface area contributed by atoms with Gasteiger partial charge in [0, 0.05) is 18.8 Å². The molecule has 1 heterocycles. The highest BCUT2D eigenvalue weighted by molar-refractivity contribution is 5.89. The van der Waals surface area contributed by atoms with Crippen molar-refractivity contribution in [1.29, 1.82) is 0 Å². The fourth-order valence-electron chi connectivity index (χ4n) is 2.39. The Morgan fingerprint density at radius 2 is 1.85 bits per heavy atom. The number of amidine groups is 1. The summed E-state index contributed by atoms with van der Waals surface area (Å²) in [7, 11) is 0. The van der Waals surface area contributed by atoms with E-state index in [1.54, 1.807) is 0 Å². The number of hydrogen-bond donors (Lipinski definition) is 1. The van der Waals surface area contributed by atoms with Gasteiger partial charge in [0.25, 0.3) is 0 Å². The van der Waals surface area contributed by atoms with Crippen LogP contribution in [0, 0.1) is 11.8 Å². The quantitative estimate of drug-likeness (QED) is 0.858. The maximum absolute atomic E-state index is 5.83. The zero-order valence-electron chi connectivity index (χ0n) is 12.9. The van der Waals surface area contributed by atoms with E-state index < -0.39 is 0 Å². The molecule has 0 amide bonds. The highest BCUT2D eigenvalue weighted by atomic mass is 16.5. The molecular weight excluding hydrogens is 250 g/mol. The SMILES string of the molecule is CC(C)CN(CC(C)C)C1=Nc2cc(N)ccc2OC1. The Morgan fingerprint density at radius 1 is 1.20 bits per heavy atom. The van der Waals surface area contributed by atoms with Gasteiger partial charge in [-0.3, -0.25) is 0 Å². The van der Waals surface area contributed by atoms with Crippen molar-refractivity contribution in [1.82, 2.24) is 4.90 Å². The van der Waals surface area contributed by atoms with Crippen molar-refractivity contribution >= 4 is 17.2 Å². The summed E-state index contributed by atoms with van der Waals surface area (Å²) in [5, 5.41) is 0. The second-order valence-corrected chi connectivity index (χ2v) is 6.24. The van der Waals surface area contributed by atoms with E-state index in [4.69, 9.17) is 15.5 Å². The average molecular weight is 275 g/mol. The average Bonchev–Trinajstić information content (AvgIpc) is 2.36. The number of nitrogen functional groups attached to an aromatic ring is 1. The first-order valence-corrected chi connectivity index (χ1v) is 7.30. The van der Waals surface area contributed by atoms with Gasteiger partial charge in [0.05, 0.1) is 0 Å². The third kappa shape index (κ3) is 3.65. The van der Waals surface area contributed by atoms with Gasteiger partial charge >= 0.3 is 0 Å². The molecule has 20 heavy (non-hydrogen) atoms. The fraction of sp³-hybridized carbons (Fsp3) is 0.562. The molecule has 1 aliphatic heterocycles. The molecule has 0 aromatic heterocycles. The van der Waals surface area contributed by atoms with Crippen LogP contribution in [0.25, 0.3) is 0 Å². The molecule has 1 aromatic carbocycles. The van der Waals surface area contributed by atoms with Gasteiger partial charge in [0.15, 0.2) is 0 Å². The number of ether oxygens (including phenoxy) is 1. The lowest BCUT2D eigenvalue weighted by Gasteiger charge is -2.31. The van der Waals surface area contributed by atoms with E-state index >= 15 is 0 Å².